The van der Waals surface area contributed by atoms with Gasteiger partial charge in [0.15, 0.2) is 5.82 Å². The highest BCUT2D eigenvalue weighted by Gasteiger charge is 2.23. The van der Waals surface area contributed by atoms with Crippen molar-refractivity contribution in [2.24, 2.45) is 5.92 Å². The molecule has 0 bridgehead atoms. The van der Waals surface area contributed by atoms with Gasteiger partial charge in [-0.15, -0.1) is 0 Å². The largest absolute Gasteiger partial charge is 0.299 e. The van der Waals surface area contributed by atoms with Crippen LogP contribution in [0.4, 0.5) is 0 Å². The van der Waals surface area contributed by atoms with Crippen molar-refractivity contribution in [2.75, 3.05) is 0 Å². The van der Waals surface area contributed by atoms with E-state index in [1.807, 2.05) is 6.92 Å². The molecule has 1 N–H and O–H groups in total. The van der Waals surface area contributed by atoms with Gasteiger partial charge in [0, 0.05) is 6.42 Å². The number of hydrogen-bond acceptors (Lipinski definition) is 3. The Bertz CT molecular complexity index is 280. The Kier molecular flexibility index (Phi) is 3.80. The smallest absolute Gasteiger partial charge is 0.160 e. The zero-order valence-electron chi connectivity index (χ0n) is 8.95. The van der Waals surface area contributed by atoms with E-state index in [1.165, 1.54) is 6.33 Å². The Morgan fingerprint density at radius 3 is 2.71 bits per heavy atom. The summed E-state index contributed by atoms with van der Waals surface area (Å²) >= 11 is 0. The van der Waals surface area contributed by atoms with E-state index in [-0.39, 0.29) is 11.7 Å². The minimum atomic E-state index is -0.133. The first-order valence-corrected chi connectivity index (χ1v) is 5.03. The molecular formula is C10H17N3O. The lowest BCUT2D eigenvalue weighted by Gasteiger charge is -2.13. The zero-order valence-corrected chi connectivity index (χ0v) is 8.95. The van der Waals surface area contributed by atoms with Crippen LogP contribution in [-0.2, 0) is 4.79 Å². The number of H-pyrrole nitrogens is 1. The molecule has 1 rings (SSSR count). The van der Waals surface area contributed by atoms with Crippen LogP contribution in [0.5, 0.6) is 0 Å². The molecule has 0 aliphatic rings. The van der Waals surface area contributed by atoms with Gasteiger partial charge < -0.3 is 0 Å². The van der Waals surface area contributed by atoms with E-state index in [1.54, 1.807) is 0 Å². The van der Waals surface area contributed by atoms with Gasteiger partial charge in [-0.05, 0) is 12.3 Å². The van der Waals surface area contributed by atoms with Crippen LogP contribution in [0, 0.1) is 5.92 Å². The number of aromatic amines is 1. The summed E-state index contributed by atoms with van der Waals surface area (Å²) in [4.78, 5) is 15.7. The van der Waals surface area contributed by atoms with Crippen molar-refractivity contribution in [1.82, 2.24) is 15.2 Å². The van der Waals surface area contributed by atoms with E-state index in [0.717, 1.165) is 6.42 Å². The fourth-order valence-electron chi connectivity index (χ4n) is 1.49. The molecule has 1 aromatic rings. The number of carbonyl (C=O) groups excluding carboxylic acids is 1. The number of rotatable bonds is 5. The van der Waals surface area contributed by atoms with E-state index in [4.69, 9.17) is 0 Å². The molecule has 1 atom stereocenters. The second-order valence-electron chi connectivity index (χ2n) is 3.86. The first-order valence-electron chi connectivity index (χ1n) is 5.03. The molecule has 1 heterocycles. The number of Topliss-reactive ketones (excluding diaryl/α,β-unsaturated/α-hetero) is 1. The summed E-state index contributed by atoms with van der Waals surface area (Å²) in [6.45, 7) is 6.08. The molecule has 14 heavy (non-hydrogen) atoms. The highest BCUT2D eigenvalue weighted by Crippen LogP contribution is 2.22. The number of ketones is 1. The summed E-state index contributed by atoms with van der Waals surface area (Å²) in [6.07, 6.45) is 2.89. The lowest BCUT2D eigenvalue weighted by atomic mass is 9.91. The Balaban J connectivity index is 2.77. The van der Waals surface area contributed by atoms with Crippen molar-refractivity contribution in [2.45, 2.75) is 39.5 Å². The summed E-state index contributed by atoms with van der Waals surface area (Å²) in [5.41, 5.74) is 0. The van der Waals surface area contributed by atoms with Crippen LogP contribution >= 0.6 is 0 Å². The maximum atomic E-state index is 11.7. The molecule has 0 aliphatic carbocycles. The summed E-state index contributed by atoms with van der Waals surface area (Å²) in [5.74, 6) is 1.20. The van der Waals surface area contributed by atoms with Gasteiger partial charge in [0.05, 0.1) is 5.92 Å². The molecule has 0 amide bonds. The lowest BCUT2D eigenvalue weighted by Crippen LogP contribution is -2.15. The van der Waals surface area contributed by atoms with Crippen molar-refractivity contribution in [3.05, 3.63) is 12.2 Å². The van der Waals surface area contributed by atoms with E-state index in [2.05, 4.69) is 29.0 Å². The summed E-state index contributed by atoms with van der Waals surface area (Å²) in [7, 11) is 0. The first-order chi connectivity index (χ1) is 6.65. The second-order valence-corrected chi connectivity index (χ2v) is 3.86. The van der Waals surface area contributed by atoms with Crippen LogP contribution < -0.4 is 0 Å². The normalized spacial score (nSPS) is 13.1. The second kappa shape index (κ2) is 4.88. The average molecular weight is 195 g/mol. The quantitative estimate of drug-likeness (QED) is 0.780. The van der Waals surface area contributed by atoms with Crippen LogP contribution in [0.2, 0.25) is 0 Å². The third-order valence-electron chi connectivity index (χ3n) is 2.19. The van der Waals surface area contributed by atoms with Crippen LogP contribution in [0.1, 0.15) is 45.4 Å². The Labute approximate surface area is 84.1 Å². The Morgan fingerprint density at radius 2 is 2.29 bits per heavy atom. The average Bonchev–Trinajstić information content (AvgIpc) is 2.65. The summed E-state index contributed by atoms with van der Waals surface area (Å²) < 4.78 is 0. The van der Waals surface area contributed by atoms with Crippen LogP contribution in [-0.4, -0.2) is 21.0 Å². The molecule has 0 fully saturated rings. The lowest BCUT2D eigenvalue weighted by molar-refractivity contribution is -0.120. The van der Waals surface area contributed by atoms with Gasteiger partial charge in [0.25, 0.3) is 0 Å². The zero-order chi connectivity index (χ0) is 10.6. The van der Waals surface area contributed by atoms with E-state index >= 15 is 0 Å². The van der Waals surface area contributed by atoms with E-state index in [9.17, 15) is 4.79 Å². The predicted molar refractivity (Wildman–Crippen MR) is 53.9 cm³/mol. The number of nitrogens with zero attached hydrogens (tertiary/aromatic N) is 2. The molecule has 0 aliphatic heterocycles. The Hall–Kier alpha value is -1.19. The molecule has 0 saturated heterocycles. The third kappa shape index (κ3) is 2.65. The Morgan fingerprint density at radius 1 is 1.57 bits per heavy atom. The minimum Gasteiger partial charge on any atom is -0.299 e. The number of carbonyl (C=O) groups is 1. The molecule has 0 radical (unpaired) electrons. The standard InChI is InChI=1S/C10H17N3O/c1-4-9(14)8(5-7(2)3)10-11-6-12-13-10/h6-8H,4-5H2,1-3H3,(H,11,12,13). The summed E-state index contributed by atoms with van der Waals surface area (Å²) in [5, 5.41) is 6.63. The molecule has 4 heteroatoms. The van der Waals surface area contributed by atoms with Gasteiger partial charge in [-0.1, -0.05) is 20.8 Å². The van der Waals surface area contributed by atoms with E-state index < -0.39 is 0 Å². The fourth-order valence-corrected chi connectivity index (χ4v) is 1.49. The number of aromatic nitrogens is 3. The van der Waals surface area contributed by atoms with Gasteiger partial charge in [-0.2, -0.15) is 5.10 Å². The molecule has 4 nitrogen and oxygen atoms in total. The van der Waals surface area contributed by atoms with Gasteiger partial charge in [0.1, 0.15) is 12.1 Å². The van der Waals surface area contributed by atoms with Crippen LogP contribution in [0.25, 0.3) is 0 Å². The van der Waals surface area contributed by atoms with Crippen LogP contribution in [0.3, 0.4) is 0 Å². The molecule has 0 saturated carbocycles. The maximum absolute atomic E-state index is 11.7. The highest BCUT2D eigenvalue weighted by atomic mass is 16.1. The number of nitrogens with one attached hydrogen (secondary N) is 1. The molecule has 0 spiro atoms. The summed E-state index contributed by atoms with van der Waals surface area (Å²) in [6, 6.07) is 0. The van der Waals surface area contributed by atoms with Gasteiger partial charge >= 0.3 is 0 Å². The monoisotopic (exact) mass is 195 g/mol. The van der Waals surface area contributed by atoms with Gasteiger partial charge in [0.2, 0.25) is 0 Å². The van der Waals surface area contributed by atoms with Crippen LogP contribution in [0.15, 0.2) is 6.33 Å². The molecule has 1 aromatic heterocycles. The maximum Gasteiger partial charge on any atom is 0.160 e. The predicted octanol–water partition coefficient (Wildman–Crippen LogP) is 1.91. The first kappa shape index (κ1) is 10.9. The van der Waals surface area contributed by atoms with Gasteiger partial charge in [-0.3, -0.25) is 9.89 Å². The van der Waals surface area contributed by atoms with Crippen molar-refractivity contribution in [3.63, 3.8) is 0 Å². The van der Waals surface area contributed by atoms with Crippen molar-refractivity contribution in [3.8, 4) is 0 Å². The minimum absolute atomic E-state index is 0.133. The number of hydrogen-bond donors (Lipinski definition) is 1. The fraction of sp³-hybridized carbons (Fsp3) is 0.700. The van der Waals surface area contributed by atoms with Crippen molar-refractivity contribution < 1.29 is 4.79 Å². The third-order valence-corrected chi connectivity index (χ3v) is 2.19. The molecule has 0 aromatic carbocycles. The van der Waals surface area contributed by atoms with Crippen molar-refractivity contribution in [1.29, 1.82) is 0 Å². The van der Waals surface area contributed by atoms with Crippen molar-refractivity contribution >= 4 is 5.78 Å². The van der Waals surface area contributed by atoms with E-state index in [0.29, 0.717) is 18.2 Å². The topological polar surface area (TPSA) is 58.6 Å². The molecular weight excluding hydrogens is 178 g/mol. The molecule has 1 unspecified atom stereocenters. The highest BCUT2D eigenvalue weighted by molar-refractivity contribution is 5.84. The SMILES string of the molecule is CCC(=O)C(CC(C)C)c1nc[nH]n1. The molecule has 78 valence electrons. The van der Waals surface area contributed by atoms with Gasteiger partial charge in [-0.25, -0.2) is 4.98 Å².